The van der Waals surface area contributed by atoms with Crippen LogP contribution in [-0.4, -0.2) is 24.9 Å². The van der Waals surface area contributed by atoms with Crippen LogP contribution in [0, 0.1) is 5.82 Å². The number of halogens is 1. The lowest BCUT2D eigenvalue weighted by Crippen LogP contribution is -2.27. The number of nitrogens with one attached hydrogen (secondary N) is 2. The Bertz CT molecular complexity index is 746. The summed E-state index contributed by atoms with van der Waals surface area (Å²) in [5.74, 6) is -0.729. The van der Waals surface area contributed by atoms with Gasteiger partial charge in [0, 0.05) is 24.2 Å². The maximum Gasteiger partial charge on any atom is 0.251 e. The molecule has 0 bridgehead atoms. The summed E-state index contributed by atoms with van der Waals surface area (Å²) < 4.78 is 13.6. The van der Waals surface area contributed by atoms with Crippen molar-refractivity contribution in [3.63, 3.8) is 0 Å². The van der Waals surface area contributed by atoms with Crippen LogP contribution in [0.3, 0.4) is 0 Å². The van der Waals surface area contributed by atoms with Crippen molar-refractivity contribution < 1.29 is 14.0 Å². The first-order valence-electron chi connectivity index (χ1n) is 9.01. The molecule has 0 heterocycles. The van der Waals surface area contributed by atoms with Gasteiger partial charge in [-0.15, -0.1) is 0 Å². The zero-order valence-electron chi connectivity index (χ0n) is 15.1. The van der Waals surface area contributed by atoms with Gasteiger partial charge >= 0.3 is 0 Å². The third-order valence-corrected chi connectivity index (χ3v) is 4.09. The number of hydrogen-bond donors (Lipinski definition) is 2. The van der Waals surface area contributed by atoms with E-state index in [1.54, 1.807) is 42.5 Å². The van der Waals surface area contributed by atoms with Crippen LogP contribution in [0.2, 0.25) is 0 Å². The van der Waals surface area contributed by atoms with Crippen molar-refractivity contribution in [2.45, 2.75) is 32.6 Å². The van der Waals surface area contributed by atoms with Gasteiger partial charge < -0.3 is 10.6 Å². The molecule has 0 atom stereocenters. The van der Waals surface area contributed by atoms with E-state index < -0.39 is 0 Å². The van der Waals surface area contributed by atoms with E-state index in [0.29, 0.717) is 36.2 Å². The Morgan fingerprint density at radius 1 is 0.885 bits per heavy atom. The average Bonchev–Trinajstić information content (AvgIpc) is 2.66. The molecule has 0 aliphatic heterocycles. The molecule has 0 aliphatic carbocycles. The summed E-state index contributed by atoms with van der Waals surface area (Å²) in [5, 5.41) is 5.62. The quantitative estimate of drug-likeness (QED) is 0.673. The van der Waals surface area contributed by atoms with Crippen LogP contribution in [-0.2, 0) is 6.42 Å². The summed E-state index contributed by atoms with van der Waals surface area (Å²) >= 11 is 0. The summed E-state index contributed by atoms with van der Waals surface area (Å²) in [6.07, 6.45) is 3.53. The standard InChI is InChI=1S/C21H25FN2O2/c1-2-3-6-13-23-20(25)17-9-7-10-18(15-17)21(26)24-14-12-16-8-4-5-11-19(16)22/h4-5,7-11,15H,2-3,6,12-14H2,1H3,(H,23,25)(H,24,26). The molecule has 0 radical (unpaired) electrons. The van der Waals surface area contributed by atoms with Crippen molar-refractivity contribution in [3.8, 4) is 0 Å². The highest BCUT2D eigenvalue weighted by Crippen LogP contribution is 2.08. The summed E-state index contributed by atoms with van der Waals surface area (Å²) in [5.41, 5.74) is 1.44. The summed E-state index contributed by atoms with van der Waals surface area (Å²) in [6, 6.07) is 13.1. The number of benzene rings is 2. The van der Waals surface area contributed by atoms with Crippen LogP contribution in [0.15, 0.2) is 48.5 Å². The second kappa shape index (κ2) is 10.3. The number of rotatable bonds is 9. The highest BCUT2D eigenvalue weighted by molar-refractivity contribution is 5.99. The van der Waals surface area contributed by atoms with Gasteiger partial charge in [0.05, 0.1) is 0 Å². The van der Waals surface area contributed by atoms with Gasteiger partial charge in [-0.05, 0) is 42.7 Å². The number of carbonyl (C=O) groups excluding carboxylic acids is 2. The van der Waals surface area contributed by atoms with Crippen molar-refractivity contribution >= 4 is 11.8 Å². The van der Waals surface area contributed by atoms with Gasteiger partial charge in [0.1, 0.15) is 5.82 Å². The van der Waals surface area contributed by atoms with Crippen molar-refractivity contribution in [2.24, 2.45) is 0 Å². The van der Waals surface area contributed by atoms with Crippen LogP contribution < -0.4 is 10.6 Å². The van der Waals surface area contributed by atoms with Gasteiger partial charge in [-0.2, -0.15) is 0 Å². The molecule has 2 rings (SSSR count). The SMILES string of the molecule is CCCCCNC(=O)c1cccc(C(=O)NCCc2ccccc2F)c1. The molecule has 2 amide bonds. The normalized spacial score (nSPS) is 10.4. The van der Waals surface area contributed by atoms with Gasteiger partial charge in [0.15, 0.2) is 0 Å². The van der Waals surface area contributed by atoms with Crippen LogP contribution >= 0.6 is 0 Å². The maximum absolute atomic E-state index is 13.6. The van der Waals surface area contributed by atoms with E-state index in [0.717, 1.165) is 19.3 Å². The van der Waals surface area contributed by atoms with Crippen molar-refractivity contribution in [3.05, 3.63) is 71.0 Å². The first-order chi connectivity index (χ1) is 12.6. The average molecular weight is 356 g/mol. The molecular formula is C21H25FN2O2. The third kappa shape index (κ3) is 5.99. The molecule has 0 saturated carbocycles. The molecule has 0 unspecified atom stereocenters. The van der Waals surface area contributed by atoms with Crippen molar-refractivity contribution in [1.82, 2.24) is 10.6 Å². The second-order valence-electron chi connectivity index (χ2n) is 6.14. The molecule has 26 heavy (non-hydrogen) atoms. The van der Waals surface area contributed by atoms with Gasteiger partial charge in [0.25, 0.3) is 11.8 Å². The molecular weight excluding hydrogens is 331 g/mol. The Morgan fingerprint density at radius 2 is 1.54 bits per heavy atom. The van der Waals surface area contributed by atoms with Crippen LogP contribution in [0.5, 0.6) is 0 Å². The Hall–Kier alpha value is -2.69. The van der Waals surface area contributed by atoms with Crippen LogP contribution in [0.1, 0.15) is 52.5 Å². The smallest absolute Gasteiger partial charge is 0.251 e. The minimum absolute atomic E-state index is 0.179. The Kier molecular flexibility index (Phi) is 7.80. The lowest BCUT2D eigenvalue weighted by atomic mass is 10.1. The Morgan fingerprint density at radius 3 is 2.19 bits per heavy atom. The summed E-state index contributed by atoms with van der Waals surface area (Å²) in [7, 11) is 0. The van der Waals surface area contributed by atoms with E-state index in [1.807, 2.05) is 0 Å². The Balaban J connectivity index is 1.87. The highest BCUT2D eigenvalue weighted by atomic mass is 19.1. The molecule has 0 aromatic heterocycles. The van der Waals surface area contributed by atoms with Crippen LogP contribution in [0.4, 0.5) is 4.39 Å². The zero-order valence-corrected chi connectivity index (χ0v) is 15.1. The fraction of sp³-hybridized carbons (Fsp3) is 0.333. The monoisotopic (exact) mass is 356 g/mol. The largest absolute Gasteiger partial charge is 0.352 e. The lowest BCUT2D eigenvalue weighted by Gasteiger charge is -2.08. The maximum atomic E-state index is 13.6. The van der Waals surface area contributed by atoms with E-state index in [1.165, 1.54) is 6.07 Å². The van der Waals surface area contributed by atoms with E-state index in [9.17, 15) is 14.0 Å². The fourth-order valence-electron chi connectivity index (χ4n) is 2.59. The van der Waals surface area contributed by atoms with E-state index in [-0.39, 0.29) is 17.6 Å². The molecule has 0 fully saturated rings. The van der Waals surface area contributed by atoms with Crippen molar-refractivity contribution in [1.29, 1.82) is 0 Å². The summed E-state index contributed by atoms with van der Waals surface area (Å²) in [4.78, 5) is 24.4. The van der Waals surface area contributed by atoms with E-state index >= 15 is 0 Å². The topological polar surface area (TPSA) is 58.2 Å². The first-order valence-corrected chi connectivity index (χ1v) is 9.01. The number of unbranched alkanes of at least 4 members (excludes halogenated alkanes) is 2. The van der Waals surface area contributed by atoms with Gasteiger partial charge in [-0.1, -0.05) is 44.0 Å². The highest BCUT2D eigenvalue weighted by Gasteiger charge is 2.10. The van der Waals surface area contributed by atoms with E-state index in [2.05, 4.69) is 17.6 Å². The molecule has 2 aromatic rings. The molecule has 0 aliphatic rings. The molecule has 2 N–H and O–H groups in total. The molecule has 4 nitrogen and oxygen atoms in total. The minimum atomic E-state index is -0.276. The third-order valence-electron chi connectivity index (χ3n) is 4.09. The van der Waals surface area contributed by atoms with E-state index in [4.69, 9.17) is 0 Å². The lowest BCUT2D eigenvalue weighted by molar-refractivity contribution is 0.0952. The summed E-state index contributed by atoms with van der Waals surface area (Å²) in [6.45, 7) is 3.06. The predicted octanol–water partition coefficient (Wildman–Crippen LogP) is 3.72. The number of amides is 2. The van der Waals surface area contributed by atoms with Gasteiger partial charge in [-0.25, -0.2) is 4.39 Å². The number of carbonyl (C=O) groups is 2. The molecule has 138 valence electrons. The predicted molar refractivity (Wildman–Crippen MR) is 101 cm³/mol. The first kappa shape index (κ1) is 19.6. The molecule has 2 aromatic carbocycles. The molecule has 5 heteroatoms. The fourth-order valence-corrected chi connectivity index (χ4v) is 2.59. The zero-order chi connectivity index (χ0) is 18.8. The van der Waals surface area contributed by atoms with Crippen molar-refractivity contribution in [2.75, 3.05) is 13.1 Å². The second-order valence-corrected chi connectivity index (χ2v) is 6.14. The minimum Gasteiger partial charge on any atom is -0.352 e. The van der Waals surface area contributed by atoms with Gasteiger partial charge in [-0.3, -0.25) is 9.59 Å². The Labute approximate surface area is 153 Å². The molecule has 0 saturated heterocycles. The molecule has 0 spiro atoms. The van der Waals surface area contributed by atoms with Crippen LogP contribution in [0.25, 0.3) is 0 Å². The van der Waals surface area contributed by atoms with Gasteiger partial charge in [0.2, 0.25) is 0 Å². The number of hydrogen-bond acceptors (Lipinski definition) is 2.